The molecule has 3 aromatic heterocycles. The van der Waals surface area contributed by atoms with Crippen LogP contribution >= 0.6 is 0 Å². The van der Waals surface area contributed by atoms with E-state index in [1.54, 1.807) is 16.9 Å². The Morgan fingerprint density at radius 2 is 2.03 bits per heavy atom. The molecule has 8 heteroatoms. The highest BCUT2D eigenvalue weighted by Gasteiger charge is 2.17. The fourth-order valence-corrected chi connectivity index (χ4v) is 3.56. The van der Waals surface area contributed by atoms with E-state index in [4.69, 9.17) is 4.74 Å². The number of hydrogen-bond acceptors (Lipinski definition) is 7. The Morgan fingerprint density at radius 1 is 1.23 bits per heavy atom. The van der Waals surface area contributed by atoms with Crippen molar-refractivity contribution in [2.24, 2.45) is 0 Å². The van der Waals surface area contributed by atoms with Crippen molar-refractivity contribution in [1.29, 1.82) is 5.26 Å². The van der Waals surface area contributed by atoms with E-state index in [2.05, 4.69) is 33.0 Å². The third-order valence-electron chi connectivity index (χ3n) is 5.51. The standard InChI is InChI=1S/C22H26N6O2/c1-3-18(29)15-30-19-10-20(22-17(11-23)13-25-28(22)14-19)16-4-5-21(24-12-16)27-8-6-26(2)7-9-27/h4-5,10,12-14,18,29H,3,6-9,15H2,1-2H3. The largest absolute Gasteiger partial charge is 0.489 e. The second-order valence-corrected chi connectivity index (χ2v) is 7.62. The third-order valence-corrected chi connectivity index (χ3v) is 5.51. The summed E-state index contributed by atoms with van der Waals surface area (Å²) in [6, 6.07) is 8.13. The number of hydrogen-bond donors (Lipinski definition) is 1. The first kappa shape index (κ1) is 20.1. The summed E-state index contributed by atoms with van der Waals surface area (Å²) in [6.45, 7) is 6.06. The monoisotopic (exact) mass is 406 g/mol. The predicted octanol–water partition coefficient (Wildman–Crippen LogP) is 2.17. The van der Waals surface area contributed by atoms with Crippen LogP contribution in [0.5, 0.6) is 5.75 Å². The van der Waals surface area contributed by atoms with E-state index < -0.39 is 6.10 Å². The average Bonchev–Trinajstić information content (AvgIpc) is 3.20. The predicted molar refractivity (Wildman–Crippen MR) is 115 cm³/mol. The Balaban J connectivity index is 1.67. The quantitative estimate of drug-likeness (QED) is 0.671. The van der Waals surface area contributed by atoms with Crippen LogP contribution in [-0.2, 0) is 0 Å². The van der Waals surface area contributed by atoms with Crippen molar-refractivity contribution in [2.45, 2.75) is 19.4 Å². The maximum absolute atomic E-state index is 9.82. The number of ether oxygens (including phenoxy) is 1. The van der Waals surface area contributed by atoms with Crippen molar-refractivity contribution in [3.63, 3.8) is 0 Å². The van der Waals surface area contributed by atoms with Crippen LogP contribution in [0.25, 0.3) is 16.6 Å². The van der Waals surface area contributed by atoms with Crippen molar-refractivity contribution >= 4 is 11.3 Å². The maximum Gasteiger partial charge on any atom is 0.138 e. The van der Waals surface area contributed by atoms with E-state index in [1.807, 2.05) is 31.3 Å². The fraction of sp³-hybridized carbons (Fsp3) is 0.409. The van der Waals surface area contributed by atoms with Gasteiger partial charge >= 0.3 is 0 Å². The van der Waals surface area contributed by atoms with Crippen LogP contribution in [0.1, 0.15) is 18.9 Å². The van der Waals surface area contributed by atoms with Crippen LogP contribution in [0.15, 0.2) is 36.8 Å². The molecule has 1 fully saturated rings. The number of anilines is 1. The zero-order valence-electron chi connectivity index (χ0n) is 17.3. The summed E-state index contributed by atoms with van der Waals surface area (Å²) in [5, 5.41) is 23.6. The molecule has 3 aromatic rings. The normalized spacial score (nSPS) is 15.9. The van der Waals surface area contributed by atoms with Gasteiger partial charge in [0.05, 0.1) is 29.6 Å². The van der Waals surface area contributed by atoms with Gasteiger partial charge in [0.2, 0.25) is 0 Å². The summed E-state index contributed by atoms with van der Waals surface area (Å²) in [5.74, 6) is 1.54. The van der Waals surface area contributed by atoms with Crippen molar-refractivity contribution in [3.8, 4) is 22.9 Å². The van der Waals surface area contributed by atoms with Gasteiger partial charge in [-0.05, 0) is 31.7 Å². The summed E-state index contributed by atoms with van der Waals surface area (Å²) < 4.78 is 7.42. The molecule has 0 radical (unpaired) electrons. The molecule has 1 unspecified atom stereocenters. The molecular formula is C22H26N6O2. The first-order chi connectivity index (χ1) is 14.6. The molecular weight excluding hydrogens is 380 g/mol. The zero-order valence-corrected chi connectivity index (χ0v) is 17.3. The number of aromatic nitrogens is 3. The second-order valence-electron chi connectivity index (χ2n) is 7.62. The molecule has 8 nitrogen and oxygen atoms in total. The number of rotatable bonds is 6. The highest BCUT2D eigenvalue weighted by molar-refractivity contribution is 5.85. The number of nitrogens with zero attached hydrogens (tertiary/aromatic N) is 6. The molecule has 156 valence electrons. The lowest BCUT2D eigenvalue weighted by molar-refractivity contribution is 0.104. The topological polar surface area (TPSA) is 89.9 Å². The molecule has 0 bridgehead atoms. The van der Waals surface area contributed by atoms with Crippen LogP contribution in [0, 0.1) is 11.3 Å². The molecule has 4 heterocycles. The highest BCUT2D eigenvalue weighted by Crippen LogP contribution is 2.31. The van der Waals surface area contributed by atoms with Crippen molar-refractivity contribution in [3.05, 3.63) is 42.4 Å². The van der Waals surface area contributed by atoms with E-state index in [-0.39, 0.29) is 6.61 Å². The van der Waals surface area contributed by atoms with E-state index in [1.165, 1.54) is 0 Å². The summed E-state index contributed by atoms with van der Waals surface area (Å²) in [6.07, 6.45) is 5.21. The Morgan fingerprint density at radius 3 is 2.70 bits per heavy atom. The molecule has 0 amide bonds. The maximum atomic E-state index is 9.82. The molecule has 0 aliphatic carbocycles. The molecule has 0 spiro atoms. The van der Waals surface area contributed by atoms with Gasteiger partial charge in [0.15, 0.2) is 0 Å². The minimum atomic E-state index is -0.527. The Labute approximate surface area is 175 Å². The Hall–Kier alpha value is -3.15. The zero-order chi connectivity index (χ0) is 21.1. The molecule has 30 heavy (non-hydrogen) atoms. The van der Waals surface area contributed by atoms with Gasteiger partial charge in [-0.25, -0.2) is 9.50 Å². The lowest BCUT2D eigenvalue weighted by Crippen LogP contribution is -2.44. The summed E-state index contributed by atoms with van der Waals surface area (Å²) in [5.41, 5.74) is 2.92. The van der Waals surface area contributed by atoms with Crippen LogP contribution in [0.4, 0.5) is 5.82 Å². The number of nitriles is 1. The van der Waals surface area contributed by atoms with Gasteiger partial charge in [-0.3, -0.25) is 0 Å². The van der Waals surface area contributed by atoms with Gasteiger partial charge in [-0.2, -0.15) is 10.4 Å². The van der Waals surface area contributed by atoms with Gasteiger partial charge in [0, 0.05) is 43.5 Å². The molecule has 1 N–H and O–H groups in total. The number of pyridine rings is 2. The summed E-state index contributed by atoms with van der Waals surface area (Å²) >= 11 is 0. The number of piperazine rings is 1. The molecule has 1 saturated heterocycles. The number of fused-ring (bicyclic) bond motifs is 1. The molecule has 1 aliphatic rings. The minimum absolute atomic E-state index is 0.203. The highest BCUT2D eigenvalue weighted by atomic mass is 16.5. The summed E-state index contributed by atoms with van der Waals surface area (Å²) in [7, 11) is 2.13. The Bertz CT molecular complexity index is 1050. The SMILES string of the molecule is CCC(O)COc1cc(-c2ccc(N3CCN(C)CC3)nc2)c2c(C#N)cnn2c1. The van der Waals surface area contributed by atoms with Gasteiger partial charge in [-0.1, -0.05) is 6.92 Å². The smallest absolute Gasteiger partial charge is 0.138 e. The minimum Gasteiger partial charge on any atom is -0.489 e. The van der Waals surface area contributed by atoms with Gasteiger partial charge in [-0.15, -0.1) is 0 Å². The molecule has 1 atom stereocenters. The first-order valence-electron chi connectivity index (χ1n) is 10.2. The van der Waals surface area contributed by atoms with E-state index in [0.717, 1.165) is 48.6 Å². The van der Waals surface area contributed by atoms with Crippen molar-refractivity contribution in [2.75, 3.05) is 44.7 Å². The van der Waals surface area contributed by atoms with Gasteiger partial charge in [0.1, 0.15) is 24.2 Å². The molecule has 0 saturated carbocycles. The van der Waals surface area contributed by atoms with E-state index in [0.29, 0.717) is 17.7 Å². The number of aliphatic hydroxyl groups excluding tert-OH is 1. The fourth-order valence-electron chi connectivity index (χ4n) is 3.56. The molecule has 0 aromatic carbocycles. The average molecular weight is 406 g/mol. The van der Waals surface area contributed by atoms with Crippen LogP contribution < -0.4 is 9.64 Å². The van der Waals surface area contributed by atoms with Crippen molar-refractivity contribution < 1.29 is 9.84 Å². The van der Waals surface area contributed by atoms with E-state index in [9.17, 15) is 10.4 Å². The summed E-state index contributed by atoms with van der Waals surface area (Å²) in [4.78, 5) is 9.28. The van der Waals surface area contributed by atoms with Gasteiger partial charge < -0.3 is 19.6 Å². The third kappa shape index (κ3) is 4.08. The first-order valence-corrected chi connectivity index (χ1v) is 10.2. The molecule has 1 aliphatic heterocycles. The number of likely N-dealkylation sites (N-methyl/N-ethyl adjacent to an activating group) is 1. The van der Waals surface area contributed by atoms with Crippen molar-refractivity contribution in [1.82, 2.24) is 19.5 Å². The van der Waals surface area contributed by atoms with Gasteiger partial charge in [0.25, 0.3) is 0 Å². The van der Waals surface area contributed by atoms with E-state index >= 15 is 0 Å². The lowest BCUT2D eigenvalue weighted by atomic mass is 10.1. The Kier molecular flexibility index (Phi) is 5.84. The second kappa shape index (κ2) is 8.69. The van der Waals surface area contributed by atoms with Crippen LogP contribution in [-0.4, -0.2) is 70.5 Å². The molecule has 4 rings (SSSR count). The van der Waals surface area contributed by atoms with Crippen LogP contribution in [0.2, 0.25) is 0 Å². The number of aliphatic hydroxyl groups is 1. The lowest BCUT2D eigenvalue weighted by Gasteiger charge is -2.33. The van der Waals surface area contributed by atoms with Crippen LogP contribution in [0.3, 0.4) is 0 Å².